The minimum atomic E-state index is 0.623. The van der Waals surface area contributed by atoms with Crippen LogP contribution in [0.1, 0.15) is 180 Å². The summed E-state index contributed by atoms with van der Waals surface area (Å²) in [6, 6.07) is 0. The third kappa shape index (κ3) is 8.65. The first kappa shape index (κ1) is 26.6. The van der Waals surface area contributed by atoms with Gasteiger partial charge in [-0.15, -0.1) is 0 Å². The van der Waals surface area contributed by atoms with Crippen LogP contribution in [0.5, 0.6) is 0 Å². The minimum Gasteiger partial charge on any atom is -0.0588 e. The molecule has 0 unspecified atom stereocenters. The maximum Gasteiger partial charge on any atom is -0.0241 e. The molecular formula is C32H60. The number of hydrogen-bond acceptors (Lipinski definition) is 0. The highest BCUT2D eigenvalue weighted by molar-refractivity contribution is 4.94. The van der Waals surface area contributed by atoms with Crippen LogP contribution in [0.25, 0.3) is 0 Å². The Morgan fingerprint density at radius 1 is 0.281 bits per heavy atom. The van der Waals surface area contributed by atoms with Crippen LogP contribution in [0.4, 0.5) is 0 Å². The van der Waals surface area contributed by atoms with Gasteiger partial charge < -0.3 is 0 Å². The first-order valence-electron chi connectivity index (χ1n) is 15.8. The molecule has 32 heavy (non-hydrogen) atoms. The topological polar surface area (TPSA) is 0 Å². The van der Waals surface area contributed by atoms with E-state index < -0.39 is 0 Å². The highest BCUT2D eigenvalue weighted by atomic mass is 14.5. The Balaban J connectivity index is 1.83. The molecule has 0 aromatic rings. The van der Waals surface area contributed by atoms with E-state index in [1.807, 2.05) is 0 Å². The molecule has 3 fully saturated rings. The lowest BCUT2D eigenvalue weighted by Crippen LogP contribution is -2.43. The minimum absolute atomic E-state index is 0.623. The largest absolute Gasteiger partial charge is 0.0588 e. The molecule has 0 aliphatic heterocycles. The second-order valence-corrected chi connectivity index (χ2v) is 12.6. The molecule has 0 nitrogen and oxygen atoms in total. The molecule has 0 spiro atoms. The highest BCUT2D eigenvalue weighted by Gasteiger charge is 2.45. The lowest BCUT2D eigenvalue weighted by Gasteiger charge is -2.51. The smallest absolute Gasteiger partial charge is 0.0241 e. The van der Waals surface area contributed by atoms with Gasteiger partial charge in [0.2, 0.25) is 0 Å². The Morgan fingerprint density at radius 3 is 0.625 bits per heavy atom. The first-order valence-corrected chi connectivity index (χ1v) is 15.8. The van der Waals surface area contributed by atoms with Gasteiger partial charge in [0, 0.05) is 0 Å². The lowest BCUT2D eigenvalue weighted by atomic mass is 9.54. The average Bonchev–Trinajstić information content (AvgIpc) is 2.83. The van der Waals surface area contributed by atoms with Crippen LogP contribution in [0.2, 0.25) is 0 Å². The van der Waals surface area contributed by atoms with E-state index in [0.29, 0.717) is 5.41 Å². The van der Waals surface area contributed by atoms with Gasteiger partial charge in [-0.05, 0) is 61.7 Å². The van der Waals surface area contributed by atoms with Gasteiger partial charge in [-0.3, -0.25) is 0 Å². The third-order valence-electron chi connectivity index (χ3n) is 10.5. The maximum absolute atomic E-state index is 2.89. The molecule has 3 aliphatic carbocycles. The van der Waals surface area contributed by atoms with E-state index in [2.05, 4.69) is 6.92 Å². The standard InChI is InChI=1S/C32H60/c1-32(29-23-17-11-5-2-6-12-18-24-29,30-25-19-13-7-3-8-14-20-26-30)31-27-21-15-9-4-10-16-22-28-31/h29-31H,2-28H2,1H3. The zero-order chi connectivity index (χ0) is 22.3. The monoisotopic (exact) mass is 444 g/mol. The van der Waals surface area contributed by atoms with E-state index in [9.17, 15) is 0 Å². The zero-order valence-electron chi connectivity index (χ0n) is 22.3. The summed E-state index contributed by atoms with van der Waals surface area (Å²) in [4.78, 5) is 0. The summed E-state index contributed by atoms with van der Waals surface area (Å²) in [7, 11) is 0. The van der Waals surface area contributed by atoms with E-state index in [4.69, 9.17) is 0 Å². The van der Waals surface area contributed by atoms with Crippen LogP contribution in [0, 0.1) is 23.2 Å². The Morgan fingerprint density at radius 2 is 0.438 bits per heavy atom. The molecule has 3 aliphatic rings. The molecule has 0 aromatic carbocycles. The van der Waals surface area contributed by atoms with Crippen LogP contribution in [-0.4, -0.2) is 0 Å². The van der Waals surface area contributed by atoms with Crippen LogP contribution in [-0.2, 0) is 0 Å². The Hall–Kier alpha value is 0. The van der Waals surface area contributed by atoms with E-state index in [1.54, 1.807) is 38.5 Å². The van der Waals surface area contributed by atoms with Gasteiger partial charge >= 0.3 is 0 Å². The molecule has 0 heteroatoms. The molecular weight excluding hydrogens is 384 g/mol. The molecule has 0 N–H and O–H groups in total. The molecule has 188 valence electrons. The SMILES string of the molecule is CC(C1CCCCCCCCC1)(C1CCCCCCCCC1)C1CCCCCCCCC1. The van der Waals surface area contributed by atoms with Crippen molar-refractivity contribution < 1.29 is 0 Å². The quantitative estimate of drug-likeness (QED) is 0.406. The van der Waals surface area contributed by atoms with Gasteiger partial charge in [0.25, 0.3) is 0 Å². The molecule has 0 heterocycles. The van der Waals surface area contributed by atoms with E-state index >= 15 is 0 Å². The molecule has 0 atom stereocenters. The molecule has 0 bridgehead atoms. The molecule has 0 aromatic heterocycles. The highest BCUT2D eigenvalue weighted by Crippen LogP contribution is 2.54. The van der Waals surface area contributed by atoms with Gasteiger partial charge in [-0.2, -0.15) is 0 Å². The van der Waals surface area contributed by atoms with Crippen LogP contribution in [0.3, 0.4) is 0 Å². The fourth-order valence-corrected chi connectivity index (χ4v) is 8.30. The second kappa shape index (κ2) is 15.8. The maximum atomic E-state index is 2.89. The molecule has 0 saturated heterocycles. The van der Waals surface area contributed by atoms with E-state index in [1.165, 1.54) is 135 Å². The predicted molar refractivity (Wildman–Crippen MR) is 143 cm³/mol. The third-order valence-corrected chi connectivity index (χ3v) is 10.5. The Kier molecular flexibility index (Phi) is 13.1. The molecule has 3 saturated carbocycles. The van der Waals surface area contributed by atoms with Gasteiger partial charge in [0.05, 0.1) is 0 Å². The summed E-state index contributed by atoms with van der Waals surface area (Å²) in [5.41, 5.74) is 0.623. The summed E-state index contributed by atoms with van der Waals surface area (Å²) in [5, 5.41) is 0. The van der Waals surface area contributed by atoms with Gasteiger partial charge in [0.15, 0.2) is 0 Å². The summed E-state index contributed by atoms with van der Waals surface area (Å²) in [6.45, 7) is 2.89. The first-order chi connectivity index (χ1) is 15.8. The average molecular weight is 445 g/mol. The van der Waals surface area contributed by atoms with Crippen molar-refractivity contribution in [1.29, 1.82) is 0 Å². The van der Waals surface area contributed by atoms with Gasteiger partial charge in [-0.25, -0.2) is 0 Å². The summed E-state index contributed by atoms with van der Waals surface area (Å²) in [6.07, 6.45) is 41.2. The fourth-order valence-electron chi connectivity index (χ4n) is 8.30. The summed E-state index contributed by atoms with van der Waals surface area (Å²) in [5.74, 6) is 3.05. The Bertz CT molecular complexity index is 356. The van der Waals surface area contributed by atoms with Crippen molar-refractivity contribution in [2.24, 2.45) is 23.2 Å². The summed E-state index contributed by atoms with van der Waals surface area (Å²) >= 11 is 0. The predicted octanol–water partition coefficient (Wildman–Crippen LogP) is 11.4. The number of rotatable bonds is 3. The second-order valence-electron chi connectivity index (χ2n) is 12.6. The summed E-state index contributed by atoms with van der Waals surface area (Å²) < 4.78 is 0. The van der Waals surface area contributed by atoms with Crippen molar-refractivity contribution in [1.82, 2.24) is 0 Å². The van der Waals surface area contributed by atoms with Crippen molar-refractivity contribution in [3.05, 3.63) is 0 Å². The van der Waals surface area contributed by atoms with Gasteiger partial charge in [0.1, 0.15) is 0 Å². The van der Waals surface area contributed by atoms with Crippen molar-refractivity contribution >= 4 is 0 Å². The fraction of sp³-hybridized carbons (Fsp3) is 1.00. The van der Waals surface area contributed by atoms with Crippen molar-refractivity contribution in [3.8, 4) is 0 Å². The molecule has 0 radical (unpaired) electrons. The van der Waals surface area contributed by atoms with Crippen molar-refractivity contribution in [2.45, 2.75) is 180 Å². The molecule has 3 rings (SSSR count). The van der Waals surface area contributed by atoms with E-state index in [0.717, 1.165) is 17.8 Å². The van der Waals surface area contributed by atoms with Gasteiger partial charge in [-0.1, -0.05) is 142 Å². The van der Waals surface area contributed by atoms with Crippen molar-refractivity contribution in [3.63, 3.8) is 0 Å². The normalized spacial score (nSPS) is 26.9. The van der Waals surface area contributed by atoms with Crippen LogP contribution < -0.4 is 0 Å². The van der Waals surface area contributed by atoms with Crippen LogP contribution in [0.15, 0.2) is 0 Å². The van der Waals surface area contributed by atoms with Crippen LogP contribution >= 0.6 is 0 Å². The Labute approximate surface area is 203 Å². The van der Waals surface area contributed by atoms with E-state index in [-0.39, 0.29) is 0 Å². The number of hydrogen-bond donors (Lipinski definition) is 0. The van der Waals surface area contributed by atoms with Crippen molar-refractivity contribution in [2.75, 3.05) is 0 Å². The lowest BCUT2D eigenvalue weighted by molar-refractivity contribution is -0.0158. The zero-order valence-corrected chi connectivity index (χ0v) is 22.3. The molecule has 0 amide bonds.